The van der Waals surface area contributed by atoms with Crippen LogP contribution in [0.5, 0.6) is 0 Å². The lowest BCUT2D eigenvalue weighted by atomic mass is 10.1. The van der Waals surface area contributed by atoms with Crippen LogP contribution in [0.25, 0.3) is 0 Å². The molecule has 0 radical (unpaired) electrons. The minimum Gasteiger partial charge on any atom is -0.379 e. The number of benzene rings is 1. The summed E-state index contributed by atoms with van der Waals surface area (Å²) in [6.45, 7) is 3.58. The molecule has 8 nitrogen and oxygen atoms in total. The fraction of sp³-hybridized carbons (Fsp3) is 0.375. The van der Waals surface area contributed by atoms with Gasteiger partial charge in [-0.15, -0.1) is 17.8 Å². The van der Waals surface area contributed by atoms with Crippen molar-refractivity contribution in [1.29, 1.82) is 0 Å². The van der Waals surface area contributed by atoms with E-state index in [2.05, 4.69) is 11.2 Å². The van der Waals surface area contributed by atoms with Gasteiger partial charge in [-0.1, -0.05) is 5.92 Å². The summed E-state index contributed by atoms with van der Waals surface area (Å²) in [5, 5.41) is 2.90. The van der Waals surface area contributed by atoms with Gasteiger partial charge in [-0.2, -0.15) is 0 Å². The third-order valence-electron chi connectivity index (χ3n) is 5.80. The van der Waals surface area contributed by atoms with Gasteiger partial charge in [-0.3, -0.25) is 14.4 Å². The van der Waals surface area contributed by atoms with E-state index in [1.807, 2.05) is 25.1 Å². The molecule has 2 aromatic rings. The van der Waals surface area contributed by atoms with Crippen molar-refractivity contribution in [2.75, 3.05) is 43.2 Å². The summed E-state index contributed by atoms with van der Waals surface area (Å²) in [4.78, 5) is 42.6. The van der Waals surface area contributed by atoms with Crippen LogP contribution in [-0.4, -0.2) is 63.3 Å². The fourth-order valence-corrected chi connectivity index (χ4v) is 4.87. The molecule has 0 bridgehead atoms. The largest absolute Gasteiger partial charge is 0.379 e. The van der Waals surface area contributed by atoms with E-state index in [4.69, 9.17) is 15.9 Å². The summed E-state index contributed by atoms with van der Waals surface area (Å²) in [5.41, 5.74) is 2.36. The molecular formula is C24H25N3O5S. The maximum absolute atomic E-state index is 13.1. The van der Waals surface area contributed by atoms with Crippen LogP contribution in [-0.2, 0) is 19.1 Å². The van der Waals surface area contributed by atoms with Gasteiger partial charge in [0.25, 0.3) is 11.8 Å². The monoisotopic (exact) mass is 467 g/mol. The van der Waals surface area contributed by atoms with Crippen LogP contribution < -0.4 is 15.1 Å². The fourth-order valence-electron chi connectivity index (χ4n) is 4.15. The van der Waals surface area contributed by atoms with Gasteiger partial charge >= 0.3 is 0 Å². The predicted molar refractivity (Wildman–Crippen MR) is 126 cm³/mol. The summed E-state index contributed by atoms with van der Waals surface area (Å²) >= 11 is 1.22. The Hall–Kier alpha value is -3.19. The molecule has 1 N–H and O–H groups in total. The number of methoxy groups -OCH3 is 1. The third kappa shape index (κ3) is 4.64. The summed E-state index contributed by atoms with van der Waals surface area (Å²) < 4.78 is 10.8. The highest BCUT2D eigenvalue weighted by molar-refractivity contribution is 7.14. The number of terminal acetylenes is 1. The van der Waals surface area contributed by atoms with Crippen LogP contribution in [0.1, 0.15) is 26.5 Å². The predicted octanol–water partition coefficient (Wildman–Crippen LogP) is 1.95. The molecule has 3 heterocycles. The van der Waals surface area contributed by atoms with E-state index in [9.17, 15) is 14.4 Å². The molecular weight excluding hydrogens is 442 g/mol. The van der Waals surface area contributed by atoms with Gasteiger partial charge in [0.05, 0.1) is 35.4 Å². The molecule has 0 saturated carbocycles. The number of rotatable bonds is 5. The standard InChI is InChI=1S/C24H25N3O5S/c1-4-17-6-8-20(33-17)23(29)25-18-14-27(24(30)22(18)31-3)16-5-7-19(15(2)13-16)26-10-12-32-11-9-21(26)28/h1,5-8,13,18,22H,9-12,14H2,2-3H3,(H,25,29). The van der Waals surface area contributed by atoms with E-state index in [1.165, 1.54) is 18.4 Å². The molecule has 1 aromatic heterocycles. The minimum atomic E-state index is -0.801. The van der Waals surface area contributed by atoms with E-state index in [0.717, 1.165) is 11.3 Å². The lowest BCUT2D eigenvalue weighted by Gasteiger charge is -2.24. The lowest BCUT2D eigenvalue weighted by Crippen LogP contribution is -2.44. The van der Waals surface area contributed by atoms with E-state index in [-0.39, 0.29) is 24.3 Å². The van der Waals surface area contributed by atoms with Crippen LogP contribution in [0, 0.1) is 19.3 Å². The van der Waals surface area contributed by atoms with Gasteiger partial charge in [0, 0.05) is 31.6 Å². The van der Waals surface area contributed by atoms with Crippen molar-refractivity contribution in [2.45, 2.75) is 25.5 Å². The van der Waals surface area contributed by atoms with Crippen LogP contribution >= 0.6 is 11.3 Å². The average molecular weight is 468 g/mol. The Bertz CT molecular complexity index is 1120. The number of anilines is 2. The van der Waals surface area contributed by atoms with Crippen molar-refractivity contribution in [2.24, 2.45) is 0 Å². The molecule has 33 heavy (non-hydrogen) atoms. The normalized spacial score (nSPS) is 21.1. The van der Waals surface area contributed by atoms with Crippen molar-refractivity contribution in [3.63, 3.8) is 0 Å². The molecule has 2 aliphatic heterocycles. The van der Waals surface area contributed by atoms with Crippen LogP contribution in [0.15, 0.2) is 30.3 Å². The van der Waals surface area contributed by atoms with Crippen LogP contribution in [0.2, 0.25) is 0 Å². The molecule has 2 saturated heterocycles. The number of thiophene rings is 1. The number of hydrogen-bond donors (Lipinski definition) is 1. The number of hydrogen-bond acceptors (Lipinski definition) is 6. The molecule has 2 aliphatic rings. The Labute approximate surface area is 196 Å². The van der Waals surface area contributed by atoms with Crippen molar-refractivity contribution in [3.8, 4) is 12.3 Å². The summed E-state index contributed by atoms with van der Waals surface area (Å²) in [5.74, 6) is 2.00. The molecule has 172 valence electrons. The van der Waals surface area contributed by atoms with E-state index >= 15 is 0 Å². The van der Waals surface area contributed by atoms with E-state index in [0.29, 0.717) is 41.6 Å². The first-order valence-electron chi connectivity index (χ1n) is 10.6. The average Bonchev–Trinajstić information content (AvgIpc) is 3.34. The molecule has 0 aliphatic carbocycles. The SMILES string of the molecule is C#Cc1ccc(C(=O)NC2CN(c3ccc(N4CCOCCC4=O)c(C)c3)C(=O)C2OC)s1. The van der Waals surface area contributed by atoms with Crippen LogP contribution in [0.3, 0.4) is 0 Å². The van der Waals surface area contributed by atoms with Gasteiger partial charge in [0.1, 0.15) is 0 Å². The summed E-state index contributed by atoms with van der Waals surface area (Å²) in [6, 6.07) is 8.40. The molecule has 2 fully saturated rings. The van der Waals surface area contributed by atoms with Crippen molar-refractivity contribution in [3.05, 3.63) is 45.6 Å². The Morgan fingerprint density at radius 1 is 1.24 bits per heavy atom. The highest BCUT2D eigenvalue weighted by Crippen LogP contribution is 2.30. The smallest absolute Gasteiger partial charge is 0.261 e. The second kappa shape index (κ2) is 9.75. The zero-order valence-corrected chi connectivity index (χ0v) is 19.3. The lowest BCUT2D eigenvalue weighted by molar-refractivity contribution is -0.126. The second-order valence-corrected chi connectivity index (χ2v) is 8.96. The Balaban J connectivity index is 1.52. The number of carbonyl (C=O) groups excluding carboxylic acids is 3. The third-order valence-corrected chi connectivity index (χ3v) is 6.82. The van der Waals surface area contributed by atoms with E-state index in [1.54, 1.807) is 21.9 Å². The Morgan fingerprint density at radius 2 is 2.06 bits per heavy atom. The van der Waals surface area contributed by atoms with Gasteiger partial charge in [-0.05, 0) is 42.8 Å². The van der Waals surface area contributed by atoms with Gasteiger partial charge in [-0.25, -0.2) is 0 Å². The van der Waals surface area contributed by atoms with Crippen molar-refractivity contribution >= 4 is 40.4 Å². The molecule has 4 rings (SSSR count). The molecule has 0 spiro atoms. The number of aryl methyl sites for hydroxylation is 1. The number of carbonyl (C=O) groups is 3. The number of ether oxygens (including phenoxy) is 2. The zero-order chi connectivity index (χ0) is 23.5. The highest BCUT2D eigenvalue weighted by Gasteiger charge is 2.42. The molecule has 3 amide bonds. The van der Waals surface area contributed by atoms with Crippen molar-refractivity contribution in [1.82, 2.24) is 5.32 Å². The first-order valence-corrected chi connectivity index (χ1v) is 11.4. The number of amides is 3. The second-order valence-electron chi connectivity index (χ2n) is 7.87. The molecule has 9 heteroatoms. The minimum absolute atomic E-state index is 0.0180. The van der Waals surface area contributed by atoms with Gasteiger partial charge in [0.2, 0.25) is 5.91 Å². The zero-order valence-electron chi connectivity index (χ0n) is 18.5. The van der Waals surface area contributed by atoms with E-state index < -0.39 is 12.1 Å². The quantitative estimate of drug-likeness (QED) is 0.680. The van der Waals surface area contributed by atoms with Gasteiger partial charge < -0.3 is 24.6 Å². The molecule has 1 aromatic carbocycles. The summed E-state index contributed by atoms with van der Waals surface area (Å²) in [6.07, 6.45) is 4.93. The number of nitrogens with zero attached hydrogens (tertiary/aromatic N) is 2. The highest BCUT2D eigenvalue weighted by atomic mass is 32.1. The first-order chi connectivity index (χ1) is 15.9. The maximum Gasteiger partial charge on any atom is 0.261 e. The van der Waals surface area contributed by atoms with Crippen LogP contribution in [0.4, 0.5) is 11.4 Å². The molecule has 2 unspecified atom stereocenters. The maximum atomic E-state index is 13.1. The topological polar surface area (TPSA) is 88.2 Å². The first kappa shape index (κ1) is 23.0. The number of nitrogens with one attached hydrogen (secondary N) is 1. The Kier molecular flexibility index (Phi) is 6.79. The van der Waals surface area contributed by atoms with Gasteiger partial charge in [0.15, 0.2) is 6.10 Å². The summed E-state index contributed by atoms with van der Waals surface area (Å²) in [7, 11) is 1.45. The Morgan fingerprint density at radius 3 is 2.76 bits per heavy atom. The van der Waals surface area contributed by atoms with Crippen molar-refractivity contribution < 1.29 is 23.9 Å². The molecule has 2 atom stereocenters.